The SMILES string of the molecule is CC(C)c1ccc2ccccc2c1Cl. The molecule has 0 amide bonds. The van der Waals surface area contributed by atoms with E-state index in [0.717, 1.165) is 10.4 Å². The Hall–Kier alpha value is -1.01. The van der Waals surface area contributed by atoms with Crippen LogP contribution in [0.3, 0.4) is 0 Å². The molecular weight excluding hydrogens is 192 g/mol. The topological polar surface area (TPSA) is 0 Å². The quantitative estimate of drug-likeness (QED) is 0.636. The number of halogens is 1. The second kappa shape index (κ2) is 3.62. The first-order valence-corrected chi connectivity index (χ1v) is 5.25. The van der Waals surface area contributed by atoms with Crippen molar-refractivity contribution in [3.63, 3.8) is 0 Å². The summed E-state index contributed by atoms with van der Waals surface area (Å²) in [5.74, 6) is 0.479. The van der Waals surface area contributed by atoms with Crippen LogP contribution in [0, 0.1) is 0 Å². The lowest BCUT2D eigenvalue weighted by atomic mass is 9.99. The molecule has 0 saturated heterocycles. The van der Waals surface area contributed by atoms with Gasteiger partial charge >= 0.3 is 0 Å². The lowest BCUT2D eigenvalue weighted by molar-refractivity contribution is 0.869. The van der Waals surface area contributed by atoms with E-state index in [1.54, 1.807) is 0 Å². The van der Waals surface area contributed by atoms with Gasteiger partial charge in [-0.2, -0.15) is 0 Å². The fourth-order valence-electron chi connectivity index (χ4n) is 1.70. The van der Waals surface area contributed by atoms with Crippen LogP contribution in [-0.2, 0) is 0 Å². The molecule has 0 spiro atoms. The third kappa shape index (κ3) is 1.51. The van der Waals surface area contributed by atoms with Gasteiger partial charge in [0.05, 0.1) is 5.02 Å². The summed E-state index contributed by atoms with van der Waals surface area (Å²) in [4.78, 5) is 0. The molecule has 0 unspecified atom stereocenters. The number of benzene rings is 2. The van der Waals surface area contributed by atoms with E-state index in [1.807, 2.05) is 12.1 Å². The Morgan fingerprint density at radius 1 is 1.00 bits per heavy atom. The van der Waals surface area contributed by atoms with E-state index >= 15 is 0 Å². The van der Waals surface area contributed by atoms with Gasteiger partial charge in [-0.3, -0.25) is 0 Å². The Morgan fingerprint density at radius 2 is 1.71 bits per heavy atom. The smallest absolute Gasteiger partial charge is 0.0518 e. The van der Waals surface area contributed by atoms with Crippen molar-refractivity contribution in [2.45, 2.75) is 19.8 Å². The van der Waals surface area contributed by atoms with Gasteiger partial charge in [0, 0.05) is 5.39 Å². The molecular formula is C13H13Cl. The van der Waals surface area contributed by atoms with Crippen molar-refractivity contribution < 1.29 is 0 Å². The largest absolute Gasteiger partial charge is 0.0834 e. The second-order valence-electron chi connectivity index (χ2n) is 3.84. The van der Waals surface area contributed by atoms with Gasteiger partial charge in [-0.05, 0) is 16.9 Å². The van der Waals surface area contributed by atoms with Gasteiger partial charge in [0.2, 0.25) is 0 Å². The van der Waals surface area contributed by atoms with Crippen LogP contribution >= 0.6 is 11.6 Å². The molecule has 2 aromatic carbocycles. The minimum absolute atomic E-state index is 0.479. The van der Waals surface area contributed by atoms with Crippen LogP contribution in [0.15, 0.2) is 36.4 Å². The third-order valence-corrected chi connectivity index (χ3v) is 2.94. The zero-order chi connectivity index (χ0) is 10.1. The summed E-state index contributed by atoms with van der Waals surface area (Å²) in [6.07, 6.45) is 0. The van der Waals surface area contributed by atoms with Crippen LogP contribution in [0.5, 0.6) is 0 Å². The highest BCUT2D eigenvalue weighted by Gasteiger charge is 2.07. The average molecular weight is 205 g/mol. The zero-order valence-electron chi connectivity index (χ0n) is 8.42. The summed E-state index contributed by atoms with van der Waals surface area (Å²) in [6.45, 7) is 4.33. The van der Waals surface area contributed by atoms with Gasteiger partial charge in [0.25, 0.3) is 0 Å². The zero-order valence-corrected chi connectivity index (χ0v) is 9.18. The molecule has 0 heterocycles. The highest BCUT2D eigenvalue weighted by molar-refractivity contribution is 6.36. The van der Waals surface area contributed by atoms with E-state index in [-0.39, 0.29) is 0 Å². The lowest BCUT2D eigenvalue weighted by Crippen LogP contribution is -1.89. The fourth-order valence-corrected chi connectivity index (χ4v) is 2.15. The van der Waals surface area contributed by atoms with Gasteiger partial charge < -0.3 is 0 Å². The normalized spacial score (nSPS) is 11.1. The van der Waals surface area contributed by atoms with E-state index in [4.69, 9.17) is 11.6 Å². The Balaban J connectivity index is 2.75. The first kappa shape index (κ1) is 9.54. The molecule has 14 heavy (non-hydrogen) atoms. The standard InChI is InChI=1S/C13H13Cl/c1-9(2)11-8-7-10-5-3-4-6-12(10)13(11)14/h3-9H,1-2H3. The molecule has 0 radical (unpaired) electrons. The van der Waals surface area contributed by atoms with Crippen molar-refractivity contribution in [2.75, 3.05) is 0 Å². The summed E-state index contributed by atoms with van der Waals surface area (Å²) >= 11 is 6.34. The molecule has 72 valence electrons. The molecule has 0 aromatic heterocycles. The Labute approximate surface area is 89.5 Å². The van der Waals surface area contributed by atoms with E-state index in [0.29, 0.717) is 5.92 Å². The Morgan fingerprint density at radius 3 is 2.43 bits per heavy atom. The molecule has 2 rings (SSSR count). The van der Waals surface area contributed by atoms with Crippen LogP contribution in [0.4, 0.5) is 0 Å². The first-order chi connectivity index (χ1) is 6.70. The lowest BCUT2D eigenvalue weighted by Gasteiger charge is -2.10. The van der Waals surface area contributed by atoms with Crippen LogP contribution in [0.2, 0.25) is 5.02 Å². The molecule has 0 nitrogen and oxygen atoms in total. The summed E-state index contributed by atoms with van der Waals surface area (Å²) in [5, 5.41) is 3.26. The molecule has 0 bridgehead atoms. The summed E-state index contributed by atoms with van der Waals surface area (Å²) < 4.78 is 0. The molecule has 0 aliphatic rings. The molecule has 0 aliphatic carbocycles. The van der Waals surface area contributed by atoms with Crippen LogP contribution in [-0.4, -0.2) is 0 Å². The van der Waals surface area contributed by atoms with Gasteiger partial charge in [-0.25, -0.2) is 0 Å². The highest BCUT2D eigenvalue weighted by Crippen LogP contribution is 2.31. The Bertz CT molecular complexity index is 458. The van der Waals surface area contributed by atoms with Crippen LogP contribution in [0.25, 0.3) is 10.8 Å². The number of rotatable bonds is 1. The van der Waals surface area contributed by atoms with E-state index in [9.17, 15) is 0 Å². The number of fused-ring (bicyclic) bond motifs is 1. The summed E-state index contributed by atoms with van der Waals surface area (Å²) in [5.41, 5.74) is 1.23. The maximum atomic E-state index is 6.34. The molecule has 2 aromatic rings. The molecule has 0 aliphatic heterocycles. The van der Waals surface area contributed by atoms with Crippen molar-refractivity contribution in [3.05, 3.63) is 47.0 Å². The molecule has 0 N–H and O–H groups in total. The second-order valence-corrected chi connectivity index (χ2v) is 4.22. The number of hydrogen-bond donors (Lipinski definition) is 0. The van der Waals surface area contributed by atoms with E-state index < -0.39 is 0 Å². The van der Waals surface area contributed by atoms with Crippen molar-refractivity contribution in [3.8, 4) is 0 Å². The summed E-state index contributed by atoms with van der Waals surface area (Å²) in [7, 11) is 0. The molecule has 0 saturated carbocycles. The van der Waals surface area contributed by atoms with Crippen molar-refractivity contribution in [2.24, 2.45) is 0 Å². The van der Waals surface area contributed by atoms with Gasteiger partial charge in [-0.15, -0.1) is 0 Å². The Kier molecular flexibility index (Phi) is 2.47. The van der Waals surface area contributed by atoms with Gasteiger partial charge in [0.15, 0.2) is 0 Å². The monoisotopic (exact) mass is 204 g/mol. The predicted octanol–water partition coefficient (Wildman–Crippen LogP) is 4.62. The van der Waals surface area contributed by atoms with Crippen molar-refractivity contribution >= 4 is 22.4 Å². The van der Waals surface area contributed by atoms with Crippen LogP contribution < -0.4 is 0 Å². The fraction of sp³-hybridized carbons (Fsp3) is 0.231. The van der Waals surface area contributed by atoms with Crippen molar-refractivity contribution in [1.82, 2.24) is 0 Å². The summed E-state index contributed by atoms with van der Waals surface area (Å²) in [6, 6.07) is 12.5. The first-order valence-electron chi connectivity index (χ1n) is 4.87. The minimum atomic E-state index is 0.479. The highest BCUT2D eigenvalue weighted by atomic mass is 35.5. The third-order valence-electron chi connectivity index (χ3n) is 2.52. The predicted molar refractivity (Wildman–Crippen MR) is 63.0 cm³/mol. The van der Waals surface area contributed by atoms with E-state index in [1.165, 1.54) is 10.9 Å². The molecule has 0 atom stereocenters. The molecule has 1 heteroatoms. The maximum absolute atomic E-state index is 6.34. The van der Waals surface area contributed by atoms with Gasteiger partial charge in [0.1, 0.15) is 0 Å². The average Bonchev–Trinajstić information content (AvgIpc) is 2.18. The van der Waals surface area contributed by atoms with E-state index in [2.05, 4.69) is 38.1 Å². The molecule has 0 fully saturated rings. The van der Waals surface area contributed by atoms with Crippen molar-refractivity contribution in [1.29, 1.82) is 0 Å². The minimum Gasteiger partial charge on any atom is -0.0834 e. The van der Waals surface area contributed by atoms with Gasteiger partial charge in [-0.1, -0.05) is 61.8 Å². The van der Waals surface area contributed by atoms with Crippen LogP contribution in [0.1, 0.15) is 25.3 Å². The maximum Gasteiger partial charge on any atom is 0.0518 e. The number of hydrogen-bond acceptors (Lipinski definition) is 0.